The second-order valence-electron chi connectivity index (χ2n) is 7.35. The number of para-hydroxylation sites is 2. The van der Waals surface area contributed by atoms with Crippen molar-refractivity contribution in [2.24, 2.45) is 0 Å². The molecule has 2 aromatic carbocycles. The first-order valence-corrected chi connectivity index (χ1v) is 9.86. The lowest BCUT2D eigenvalue weighted by Crippen LogP contribution is -2.32. The van der Waals surface area contributed by atoms with Crippen LogP contribution in [0.25, 0.3) is 21.8 Å². The predicted octanol–water partition coefficient (Wildman–Crippen LogP) is 4.27. The highest BCUT2D eigenvalue weighted by atomic mass is 16.5. The van der Waals surface area contributed by atoms with Gasteiger partial charge in [-0.05, 0) is 36.6 Å². The fourth-order valence-corrected chi connectivity index (χ4v) is 4.14. The van der Waals surface area contributed by atoms with Gasteiger partial charge in [-0.15, -0.1) is 0 Å². The second kappa shape index (κ2) is 6.75. The molecule has 0 aliphatic carbocycles. The van der Waals surface area contributed by atoms with Gasteiger partial charge in [0.2, 0.25) is 0 Å². The van der Waals surface area contributed by atoms with Gasteiger partial charge in [0.25, 0.3) is 5.91 Å². The Morgan fingerprint density at radius 3 is 3.04 bits per heavy atom. The molecule has 0 radical (unpaired) electrons. The highest BCUT2D eigenvalue weighted by Gasteiger charge is 2.25. The van der Waals surface area contributed by atoms with Crippen LogP contribution >= 0.6 is 0 Å². The third-order valence-electron chi connectivity index (χ3n) is 5.61. The number of hydrogen-bond donors (Lipinski definition) is 2. The molecule has 0 saturated heterocycles. The second-order valence-corrected chi connectivity index (χ2v) is 7.35. The van der Waals surface area contributed by atoms with E-state index < -0.39 is 0 Å². The molecular weight excluding hydrogens is 350 g/mol. The van der Waals surface area contributed by atoms with Crippen molar-refractivity contribution in [3.63, 3.8) is 0 Å². The van der Waals surface area contributed by atoms with Crippen molar-refractivity contribution >= 4 is 27.7 Å². The molecule has 0 spiro atoms. The molecule has 2 aromatic heterocycles. The SMILES string of the molecule is CC[C@H]1Cn2c(C(=O)NCCc3c[nH]c4ccccc34)cc3cccc(c32)O1. The Labute approximate surface area is 163 Å². The smallest absolute Gasteiger partial charge is 0.267 e. The number of hydrogen-bond acceptors (Lipinski definition) is 2. The molecule has 5 nitrogen and oxygen atoms in total. The van der Waals surface area contributed by atoms with Gasteiger partial charge in [-0.2, -0.15) is 0 Å². The van der Waals surface area contributed by atoms with E-state index in [4.69, 9.17) is 4.74 Å². The summed E-state index contributed by atoms with van der Waals surface area (Å²) in [7, 11) is 0. The molecular formula is C23H23N3O2. The first kappa shape index (κ1) is 16.9. The van der Waals surface area contributed by atoms with Crippen LogP contribution in [0.4, 0.5) is 0 Å². The van der Waals surface area contributed by atoms with Crippen molar-refractivity contribution in [2.45, 2.75) is 32.4 Å². The predicted molar refractivity (Wildman–Crippen MR) is 111 cm³/mol. The van der Waals surface area contributed by atoms with Crippen molar-refractivity contribution in [3.05, 3.63) is 66.0 Å². The van der Waals surface area contributed by atoms with Crippen LogP contribution in [0.15, 0.2) is 54.7 Å². The zero-order chi connectivity index (χ0) is 19.1. The number of benzene rings is 2. The van der Waals surface area contributed by atoms with E-state index in [1.165, 1.54) is 10.9 Å². The average Bonchev–Trinajstić information content (AvgIpc) is 3.31. The first-order chi connectivity index (χ1) is 13.7. The molecule has 28 heavy (non-hydrogen) atoms. The van der Waals surface area contributed by atoms with E-state index >= 15 is 0 Å². The summed E-state index contributed by atoms with van der Waals surface area (Å²) in [4.78, 5) is 16.2. The summed E-state index contributed by atoms with van der Waals surface area (Å²) < 4.78 is 8.18. The molecule has 0 unspecified atom stereocenters. The Hall–Kier alpha value is -3.21. The molecule has 1 amide bonds. The van der Waals surface area contributed by atoms with E-state index in [-0.39, 0.29) is 12.0 Å². The van der Waals surface area contributed by atoms with Crippen LogP contribution in [-0.2, 0) is 13.0 Å². The van der Waals surface area contributed by atoms with Gasteiger partial charge in [-0.3, -0.25) is 4.79 Å². The van der Waals surface area contributed by atoms with Gasteiger partial charge >= 0.3 is 0 Å². The third-order valence-corrected chi connectivity index (χ3v) is 5.61. The number of fused-ring (bicyclic) bond motifs is 1. The van der Waals surface area contributed by atoms with Crippen LogP contribution in [-0.4, -0.2) is 28.1 Å². The van der Waals surface area contributed by atoms with E-state index in [1.54, 1.807) is 0 Å². The molecule has 0 bridgehead atoms. The Balaban J connectivity index is 1.36. The van der Waals surface area contributed by atoms with Crippen molar-refractivity contribution < 1.29 is 9.53 Å². The molecule has 142 valence electrons. The normalized spacial score (nSPS) is 15.7. The summed E-state index contributed by atoms with van der Waals surface area (Å²) in [6.07, 6.45) is 3.84. The van der Waals surface area contributed by atoms with Crippen molar-refractivity contribution in [1.29, 1.82) is 0 Å². The number of carbonyl (C=O) groups excluding carboxylic acids is 1. The van der Waals surface area contributed by atoms with Crippen LogP contribution in [0.1, 0.15) is 29.4 Å². The Bertz CT molecular complexity index is 1170. The molecule has 3 heterocycles. The summed E-state index contributed by atoms with van der Waals surface area (Å²) in [6, 6.07) is 16.2. The maximum Gasteiger partial charge on any atom is 0.267 e. The summed E-state index contributed by atoms with van der Waals surface area (Å²) in [5, 5.41) is 5.36. The number of ether oxygens (including phenoxy) is 1. The fourth-order valence-electron chi connectivity index (χ4n) is 4.14. The Morgan fingerprint density at radius 2 is 2.14 bits per heavy atom. The van der Waals surface area contributed by atoms with Crippen molar-refractivity contribution in [3.8, 4) is 5.75 Å². The van der Waals surface area contributed by atoms with E-state index in [0.29, 0.717) is 18.8 Å². The number of nitrogens with one attached hydrogen (secondary N) is 2. The van der Waals surface area contributed by atoms with Crippen LogP contribution in [0.3, 0.4) is 0 Å². The number of aromatic amines is 1. The molecule has 5 heteroatoms. The lowest BCUT2D eigenvalue weighted by atomic mass is 10.1. The lowest BCUT2D eigenvalue weighted by molar-refractivity contribution is 0.0938. The van der Waals surface area contributed by atoms with E-state index in [9.17, 15) is 4.79 Å². The van der Waals surface area contributed by atoms with Crippen LogP contribution in [0, 0.1) is 0 Å². The minimum Gasteiger partial charge on any atom is -0.486 e. The molecule has 1 aliphatic heterocycles. The minimum absolute atomic E-state index is 0.0289. The number of aromatic nitrogens is 2. The number of rotatable bonds is 5. The van der Waals surface area contributed by atoms with Gasteiger partial charge in [-0.25, -0.2) is 0 Å². The zero-order valence-electron chi connectivity index (χ0n) is 15.9. The maximum atomic E-state index is 12.9. The molecule has 1 atom stereocenters. The van der Waals surface area contributed by atoms with Gasteiger partial charge in [0, 0.05) is 29.0 Å². The van der Waals surface area contributed by atoms with E-state index in [1.807, 2.05) is 42.6 Å². The van der Waals surface area contributed by atoms with Crippen molar-refractivity contribution in [2.75, 3.05) is 6.54 Å². The lowest BCUT2D eigenvalue weighted by Gasteiger charge is -2.26. The monoisotopic (exact) mass is 373 g/mol. The highest BCUT2D eigenvalue weighted by molar-refractivity contribution is 6.00. The molecule has 2 N–H and O–H groups in total. The Kier molecular flexibility index (Phi) is 4.08. The van der Waals surface area contributed by atoms with Crippen molar-refractivity contribution in [1.82, 2.24) is 14.9 Å². The zero-order valence-corrected chi connectivity index (χ0v) is 15.9. The van der Waals surface area contributed by atoms with Crippen LogP contribution < -0.4 is 10.1 Å². The number of H-pyrrole nitrogens is 1. The fraction of sp³-hybridized carbons (Fsp3) is 0.261. The summed E-state index contributed by atoms with van der Waals surface area (Å²) in [5.74, 6) is 0.840. The number of carbonyl (C=O) groups is 1. The summed E-state index contributed by atoms with van der Waals surface area (Å²) in [5.41, 5.74) is 4.08. The van der Waals surface area contributed by atoms with Gasteiger partial charge < -0.3 is 19.6 Å². The van der Waals surface area contributed by atoms with Gasteiger partial charge in [-0.1, -0.05) is 37.3 Å². The quantitative estimate of drug-likeness (QED) is 0.549. The third kappa shape index (κ3) is 2.74. The van der Waals surface area contributed by atoms with E-state index in [0.717, 1.165) is 35.0 Å². The number of nitrogens with zero attached hydrogens (tertiary/aromatic N) is 1. The molecule has 4 aromatic rings. The van der Waals surface area contributed by atoms with Gasteiger partial charge in [0.15, 0.2) is 0 Å². The standard InChI is InChI=1S/C23H23N3O2/c1-2-17-14-26-20(12-15-6-5-9-21(28-17)22(15)26)23(27)24-11-10-16-13-25-19-8-4-3-7-18(16)19/h3-9,12-13,17,25H,2,10-11,14H2,1H3,(H,24,27)/t17-/m0/s1. The topological polar surface area (TPSA) is 59.0 Å². The van der Waals surface area contributed by atoms with Crippen LogP contribution in [0.5, 0.6) is 5.75 Å². The minimum atomic E-state index is -0.0289. The molecule has 0 saturated carbocycles. The molecule has 5 rings (SSSR count). The largest absolute Gasteiger partial charge is 0.486 e. The van der Waals surface area contributed by atoms with Gasteiger partial charge in [0.05, 0.1) is 12.1 Å². The summed E-state index contributed by atoms with van der Waals surface area (Å²) >= 11 is 0. The van der Waals surface area contributed by atoms with Crippen LogP contribution in [0.2, 0.25) is 0 Å². The van der Waals surface area contributed by atoms with Gasteiger partial charge in [0.1, 0.15) is 17.5 Å². The number of amides is 1. The highest BCUT2D eigenvalue weighted by Crippen LogP contribution is 2.34. The molecule has 1 aliphatic rings. The molecule has 0 fully saturated rings. The average molecular weight is 373 g/mol. The first-order valence-electron chi connectivity index (χ1n) is 9.86. The Morgan fingerprint density at radius 1 is 1.25 bits per heavy atom. The maximum absolute atomic E-state index is 12.9. The van der Waals surface area contributed by atoms with E-state index in [2.05, 4.69) is 33.9 Å². The summed E-state index contributed by atoms with van der Waals surface area (Å²) in [6.45, 7) is 3.42.